The van der Waals surface area contributed by atoms with E-state index >= 15 is 0 Å². The molecule has 0 aliphatic heterocycles. The largest absolute Gasteiger partial charge is 0.0596 e. The first-order chi connectivity index (χ1) is 7.26. The molecule has 4 fully saturated rings. The van der Waals surface area contributed by atoms with E-state index in [0.29, 0.717) is 16.2 Å². The van der Waals surface area contributed by atoms with Gasteiger partial charge in [-0.2, -0.15) is 0 Å². The van der Waals surface area contributed by atoms with Crippen molar-refractivity contribution in [3.05, 3.63) is 0 Å². The maximum Gasteiger partial charge on any atom is -0.0190 e. The Bertz CT molecular complexity index is 290. The maximum atomic E-state index is 2.58. The van der Waals surface area contributed by atoms with Crippen LogP contribution in [-0.2, 0) is 0 Å². The molecule has 0 spiro atoms. The van der Waals surface area contributed by atoms with Crippen molar-refractivity contribution in [3.8, 4) is 0 Å². The van der Waals surface area contributed by atoms with Crippen molar-refractivity contribution in [2.24, 2.45) is 34.0 Å². The zero-order valence-corrected chi connectivity index (χ0v) is 11.8. The molecule has 0 nitrogen and oxygen atoms in total. The van der Waals surface area contributed by atoms with Crippen molar-refractivity contribution >= 4 is 0 Å². The summed E-state index contributed by atoms with van der Waals surface area (Å²) in [5.74, 6) is 3.17. The van der Waals surface area contributed by atoms with Gasteiger partial charge >= 0.3 is 0 Å². The third-order valence-corrected chi connectivity index (χ3v) is 6.87. The molecule has 0 heterocycles. The van der Waals surface area contributed by atoms with E-state index in [1.165, 1.54) is 12.8 Å². The minimum Gasteiger partial charge on any atom is -0.0596 e. The quantitative estimate of drug-likeness (QED) is 0.545. The van der Waals surface area contributed by atoms with E-state index in [-0.39, 0.29) is 0 Å². The van der Waals surface area contributed by atoms with E-state index in [9.17, 15) is 0 Å². The highest BCUT2D eigenvalue weighted by Crippen LogP contribution is 2.73. The molecular formula is C16H28. The Morgan fingerprint density at radius 3 is 1.81 bits per heavy atom. The van der Waals surface area contributed by atoms with Gasteiger partial charge in [-0.25, -0.2) is 0 Å². The molecule has 92 valence electrons. The van der Waals surface area contributed by atoms with Gasteiger partial charge in [0.2, 0.25) is 0 Å². The maximum absolute atomic E-state index is 2.58. The number of hydrogen-bond donors (Lipinski definition) is 0. The second-order valence-corrected chi connectivity index (χ2v) is 8.60. The minimum atomic E-state index is 0.493. The summed E-state index contributed by atoms with van der Waals surface area (Å²) in [5, 5.41) is 0. The van der Waals surface area contributed by atoms with E-state index in [2.05, 4.69) is 34.6 Å². The van der Waals surface area contributed by atoms with Crippen LogP contribution in [0, 0.1) is 34.0 Å². The summed E-state index contributed by atoms with van der Waals surface area (Å²) >= 11 is 0. The van der Waals surface area contributed by atoms with Crippen molar-refractivity contribution in [1.82, 2.24) is 0 Å². The zero-order valence-electron chi connectivity index (χ0n) is 11.8. The van der Waals surface area contributed by atoms with Crippen LogP contribution in [0.1, 0.15) is 66.7 Å². The van der Waals surface area contributed by atoms with E-state index in [4.69, 9.17) is 0 Å². The van der Waals surface area contributed by atoms with Gasteiger partial charge in [0.1, 0.15) is 0 Å². The highest BCUT2D eigenvalue weighted by atomic mass is 14.7. The number of hydrogen-bond acceptors (Lipinski definition) is 0. The normalized spacial score (nSPS) is 49.7. The monoisotopic (exact) mass is 220 g/mol. The van der Waals surface area contributed by atoms with Crippen LogP contribution in [0.2, 0.25) is 0 Å². The third kappa shape index (κ3) is 1.12. The summed E-state index contributed by atoms with van der Waals surface area (Å²) in [6, 6.07) is 0. The fraction of sp³-hybridized carbons (Fsp3) is 1.00. The molecule has 0 N–H and O–H groups in total. The Kier molecular flexibility index (Phi) is 1.99. The first-order valence-electron chi connectivity index (χ1n) is 7.26. The molecule has 0 aromatic rings. The number of rotatable bonds is 0. The summed E-state index contributed by atoms with van der Waals surface area (Å²) in [6.07, 6.45) is 7.69. The molecule has 4 rings (SSSR count). The molecule has 4 saturated carbocycles. The van der Waals surface area contributed by atoms with Crippen LogP contribution in [0.15, 0.2) is 0 Å². The summed E-state index contributed by atoms with van der Waals surface area (Å²) in [7, 11) is 0. The molecule has 2 unspecified atom stereocenters. The van der Waals surface area contributed by atoms with Crippen LogP contribution in [0.25, 0.3) is 0 Å². The molecule has 4 aliphatic rings. The molecule has 4 atom stereocenters. The molecule has 0 heteroatoms. The second-order valence-electron chi connectivity index (χ2n) is 8.60. The second kappa shape index (κ2) is 2.87. The Hall–Kier alpha value is 0. The third-order valence-electron chi connectivity index (χ3n) is 6.87. The molecule has 4 bridgehead atoms. The van der Waals surface area contributed by atoms with Crippen molar-refractivity contribution in [2.45, 2.75) is 66.7 Å². The van der Waals surface area contributed by atoms with Crippen molar-refractivity contribution in [2.75, 3.05) is 0 Å². The van der Waals surface area contributed by atoms with Crippen LogP contribution in [0.4, 0.5) is 0 Å². The van der Waals surface area contributed by atoms with Gasteiger partial charge in [0.25, 0.3) is 0 Å². The zero-order chi connectivity index (χ0) is 11.8. The first kappa shape index (κ1) is 11.1. The van der Waals surface area contributed by atoms with Crippen molar-refractivity contribution < 1.29 is 0 Å². The van der Waals surface area contributed by atoms with Gasteiger partial charge in [-0.1, -0.05) is 34.6 Å². The molecule has 0 radical (unpaired) electrons. The van der Waals surface area contributed by atoms with Gasteiger partial charge in [0.05, 0.1) is 0 Å². The van der Waals surface area contributed by atoms with E-state index in [0.717, 1.165) is 17.8 Å². The fourth-order valence-corrected chi connectivity index (χ4v) is 6.05. The first-order valence-corrected chi connectivity index (χ1v) is 7.26. The van der Waals surface area contributed by atoms with Gasteiger partial charge in [-0.3, -0.25) is 0 Å². The predicted molar refractivity (Wildman–Crippen MR) is 69.2 cm³/mol. The molecule has 16 heavy (non-hydrogen) atoms. The van der Waals surface area contributed by atoms with Gasteiger partial charge in [-0.05, 0) is 66.1 Å². The van der Waals surface area contributed by atoms with Crippen LogP contribution in [-0.4, -0.2) is 0 Å². The van der Waals surface area contributed by atoms with Crippen LogP contribution in [0.3, 0.4) is 0 Å². The predicted octanol–water partition coefficient (Wildman–Crippen LogP) is 4.89. The van der Waals surface area contributed by atoms with Crippen molar-refractivity contribution in [1.29, 1.82) is 0 Å². The molecular weight excluding hydrogens is 192 g/mol. The Morgan fingerprint density at radius 2 is 1.38 bits per heavy atom. The van der Waals surface area contributed by atoms with E-state index < -0.39 is 0 Å². The fourth-order valence-electron chi connectivity index (χ4n) is 6.05. The Morgan fingerprint density at radius 1 is 0.875 bits per heavy atom. The van der Waals surface area contributed by atoms with E-state index in [1.54, 1.807) is 19.3 Å². The highest BCUT2D eigenvalue weighted by molar-refractivity contribution is 5.13. The molecule has 0 saturated heterocycles. The molecule has 0 amide bonds. The lowest BCUT2D eigenvalue weighted by Crippen LogP contribution is -2.62. The summed E-state index contributed by atoms with van der Waals surface area (Å²) in [5.41, 5.74) is 1.71. The summed E-state index contributed by atoms with van der Waals surface area (Å²) < 4.78 is 0. The van der Waals surface area contributed by atoms with Gasteiger partial charge in [0, 0.05) is 0 Å². The van der Waals surface area contributed by atoms with Gasteiger partial charge in [0.15, 0.2) is 0 Å². The average molecular weight is 220 g/mol. The lowest BCUT2D eigenvalue weighted by atomic mass is 9.35. The van der Waals surface area contributed by atoms with Gasteiger partial charge < -0.3 is 0 Å². The van der Waals surface area contributed by atoms with E-state index in [1.807, 2.05) is 0 Å². The molecule has 0 aromatic heterocycles. The Labute approximate surface area is 101 Å². The standard InChI is InChI=1S/C16H28/c1-14(2,3)16-9-11-6-12(10-16)8-13(7-11)15(16,4)5/h11-13H,6-10H2,1-5H3/t11-,12+,13?,16?. The highest BCUT2D eigenvalue weighted by Gasteiger charge is 2.64. The molecule has 4 aliphatic carbocycles. The van der Waals surface area contributed by atoms with Crippen LogP contribution < -0.4 is 0 Å². The minimum absolute atomic E-state index is 0.493. The summed E-state index contributed by atoms with van der Waals surface area (Å²) in [6.45, 7) is 12.7. The van der Waals surface area contributed by atoms with Gasteiger partial charge in [-0.15, -0.1) is 0 Å². The average Bonchev–Trinajstić information content (AvgIpc) is 2.11. The van der Waals surface area contributed by atoms with Crippen LogP contribution in [0.5, 0.6) is 0 Å². The summed E-state index contributed by atoms with van der Waals surface area (Å²) in [4.78, 5) is 0. The lowest BCUT2D eigenvalue weighted by molar-refractivity contribution is -0.209. The SMILES string of the molecule is CC(C)(C)C12C[C@@H]3CC(C[C@@H](C3)C1)C2(C)C. The smallest absolute Gasteiger partial charge is 0.0190 e. The van der Waals surface area contributed by atoms with Crippen LogP contribution >= 0.6 is 0 Å². The topological polar surface area (TPSA) is 0 Å². The lowest BCUT2D eigenvalue weighted by Gasteiger charge is -2.70. The Balaban J connectivity index is 2.09. The van der Waals surface area contributed by atoms with Crippen molar-refractivity contribution in [3.63, 3.8) is 0 Å². The molecule has 0 aromatic carbocycles.